The molecule has 1 aromatic carbocycles. The minimum atomic E-state index is -0.0313. The molecule has 0 bridgehead atoms. The Morgan fingerprint density at radius 2 is 1.96 bits per heavy atom. The van der Waals surface area contributed by atoms with E-state index < -0.39 is 0 Å². The highest BCUT2D eigenvalue weighted by Crippen LogP contribution is 2.69. The van der Waals surface area contributed by atoms with Crippen molar-refractivity contribution in [3.8, 4) is 0 Å². The van der Waals surface area contributed by atoms with Gasteiger partial charge in [0.15, 0.2) is 0 Å². The Morgan fingerprint density at radius 3 is 2.75 bits per heavy atom. The van der Waals surface area contributed by atoms with Crippen molar-refractivity contribution in [3.63, 3.8) is 0 Å². The van der Waals surface area contributed by atoms with E-state index in [2.05, 4.69) is 12.6 Å². The van der Waals surface area contributed by atoms with Gasteiger partial charge in [-0.2, -0.15) is 12.6 Å². The minimum Gasteiger partial charge on any atom is -0.461 e. The lowest BCUT2D eigenvalue weighted by Gasteiger charge is -2.69. The van der Waals surface area contributed by atoms with Crippen LogP contribution >= 0.6 is 12.6 Å². The molecule has 3 aliphatic rings. The first-order valence-corrected chi connectivity index (χ1v) is 10.2. The highest BCUT2D eigenvalue weighted by atomic mass is 32.1. The van der Waals surface area contributed by atoms with E-state index in [0.717, 1.165) is 53.2 Å². The van der Waals surface area contributed by atoms with Gasteiger partial charge in [0.2, 0.25) is 0 Å². The van der Waals surface area contributed by atoms with Gasteiger partial charge in [0, 0.05) is 6.42 Å². The summed E-state index contributed by atoms with van der Waals surface area (Å²) in [5.41, 5.74) is 1.07. The summed E-state index contributed by atoms with van der Waals surface area (Å²) in [5, 5.41) is 0. The van der Waals surface area contributed by atoms with Crippen LogP contribution < -0.4 is 0 Å². The van der Waals surface area contributed by atoms with Gasteiger partial charge in [-0.3, -0.25) is 4.79 Å². The molecule has 0 aliphatic heterocycles. The Labute approximate surface area is 150 Å². The Morgan fingerprint density at radius 1 is 1.12 bits per heavy atom. The topological polar surface area (TPSA) is 26.3 Å². The Kier molecular flexibility index (Phi) is 4.89. The molecule has 24 heavy (non-hydrogen) atoms. The van der Waals surface area contributed by atoms with Crippen LogP contribution in [0.4, 0.5) is 0 Å². The molecule has 6 unspecified atom stereocenters. The number of hydrogen-bond donors (Lipinski definition) is 1. The van der Waals surface area contributed by atoms with Crippen molar-refractivity contribution in [3.05, 3.63) is 35.9 Å². The Balaban J connectivity index is 1.25. The Hall–Kier alpha value is -0.960. The zero-order valence-electron chi connectivity index (χ0n) is 14.3. The second-order valence-electron chi connectivity index (χ2n) is 8.01. The fraction of sp³-hybridized carbons (Fsp3) is 0.667. The van der Waals surface area contributed by atoms with Crippen molar-refractivity contribution in [1.29, 1.82) is 0 Å². The van der Waals surface area contributed by atoms with Crippen molar-refractivity contribution in [2.45, 2.75) is 45.1 Å². The van der Waals surface area contributed by atoms with Crippen molar-refractivity contribution in [2.75, 3.05) is 5.75 Å². The van der Waals surface area contributed by atoms with Crippen molar-refractivity contribution < 1.29 is 9.53 Å². The number of ether oxygens (including phenoxy) is 1. The monoisotopic (exact) mass is 344 g/mol. The minimum absolute atomic E-state index is 0.0313. The summed E-state index contributed by atoms with van der Waals surface area (Å²) in [5.74, 6) is 6.52. The molecule has 0 saturated heterocycles. The summed E-state index contributed by atoms with van der Waals surface area (Å²) in [6.07, 6.45) is 7.09. The molecular formula is C21H28O2S. The average molecular weight is 345 g/mol. The summed E-state index contributed by atoms with van der Waals surface area (Å²) in [6.45, 7) is 0.406. The molecular weight excluding hydrogens is 316 g/mol. The molecule has 0 aromatic heterocycles. The molecule has 0 amide bonds. The highest BCUT2D eigenvalue weighted by Gasteiger charge is 2.63. The van der Waals surface area contributed by atoms with Gasteiger partial charge in [0.05, 0.1) is 0 Å². The number of carbonyl (C=O) groups is 1. The van der Waals surface area contributed by atoms with Gasteiger partial charge in [0.25, 0.3) is 0 Å². The molecule has 0 radical (unpaired) electrons. The number of carbonyl (C=O) groups excluding carboxylic acids is 1. The normalized spacial score (nSPS) is 36.2. The van der Waals surface area contributed by atoms with Crippen LogP contribution in [-0.2, 0) is 16.1 Å². The third-order valence-corrected chi connectivity index (χ3v) is 7.24. The van der Waals surface area contributed by atoms with E-state index in [1.165, 1.54) is 25.7 Å². The molecule has 0 heterocycles. The van der Waals surface area contributed by atoms with E-state index >= 15 is 0 Å². The maximum atomic E-state index is 12.1. The summed E-state index contributed by atoms with van der Waals surface area (Å²) in [7, 11) is 0. The van der Waals surface area contributed by atoms with E-state index in [-0.39, 0.29) is 5.97 Å². The van der Waals surface area contributed by atoms with Crippen LogP contribution in [0.2, 0.25) is 0 Å². The lowest BCUT2D eigenvalue weighted by molar-refractivity contribution is -0.205. The Bertz CT molecular complexity index is 572. The standard InChI is InChI=1S/C21H28O2S/c22-19(23-13-14-4-2-1-3-5-14)9-8-15-6-7-16-12-18-17(10-11-24)20(15)21(16)18/h1-5,15-18,20-21,24H,6-13H2. The van der Waals surface area contributed by atoms with Crippen LogP contribution in [0, 0.1) is 35.5 Å². The first kappa shape index (κ1) is 16.5. The molecule has 3 heteroatoms. The second-order valence-corrected chi connectivity index (χ2v) is 8.46. The second kappa shape index (κ2) is 7.11. The molecule has 3 aliphatic carbocycles. The highest BCUT2D eigenvalue weighted by molar-refractivity contribution is 7.80. The van der Waals surface area contributed by atoms with Crippen LogP contribution in [0.1, 0.15) is 44.1 Å². The zero-order valence-corrected chi connectivity index (χ0v) is 15.2. The maximum absolute atomic E-state index is 12.1. The fourth-order valence-corrected chi connectivity index (χ4v) is 6.20. The van der Waals surface area contributed by atoms with E-state index in [0.29, 0.717) is 13.0 Å². The summed E-state index contributed by atoms with van der Waals surface area (Å²) < 4.78 is 5.45. The number of rotatable bonds is 7. The van der Waals surface area contributed by atoms with Gasteiger partial charge in [-0.15, -0.1) is 0 Å². The van der Waals surface area contributed by atoms with Gasteiger partial charge >= 0.3 is 5.97 Å². The molecule has 0 spiro atoms. The van der Waals surface area contributed by atoms with Gasteiger partial charge in [-0.25, -0.2) is 0 Å². The summed E-state index contributed by atoms with van der Waals surface area (Å²) >= 11 is 4.46. The third kappa shape index (κ3) is 3.00. The maximum Gasteiger partial charge on any atom is 0.306 e. The quantitative estimate of drug-likeness (QED) is 0.571. The van der Waals surface area contributed by atoms with Crippen molar-refractivity contribution >= 4 is 18.6 Å². The van der Waals surface area contributed by atoms with Crippen molar-refractivity contribution in [2.24, 2.45) is 35.5 Å². The van der Waals surface area contributed by atoms with Crippen molar-refractivity contribution in [1.82, 2.24) is 0 Å². The number of esters is 1. The molecule has 6 atom stereocenters. The van der Waals surface area contributed by atoms with E-state index in [9.17, 15) is 4.79 Å². The smallest absolute Gasteiger partial charge is 0.306 e. The van der Waals surface area contributed by atoms with Crippen LogP contribution in [0.15, 0.2) is 30.3 Å². The summed E-state index contributed by atoms with van der Waals surface area (Å²) in [6, 6.07) is 9.95. The van der Waals surface area contributed by atoms with Gasteiger partial charge in [0.1, 0.15) is 6.61 Å². The van der Waals surface area contributed by atoms with E-state index in [1.54, 1.807) is 0 Å². The first-order chi connectivity index (χ1) is 11.8. The molecule has 1 aromatic rings. The SMILES string of the molecule is O=C(CCC1CCC2CC3C(CCS)C1C23)OCc1ccccc1. The largest absolute Gasteiger partial charge is 0.461 e. The molecule has 130 valence electrons. The average Bonchev–Trinajstić information content (AvgIpc) is 2.58. The lowest BCUT2D eigenvalue weighted by Crippen LogP contribution is -2.63. The molecule has 4 rings (SSSR count). The van der Waals surface area contributed by atoms with Crippen LogP contribution in [0.5, 0.6) is 0 Å². The predicted molar refractivity (Wildman–Crippen MR) is 98.7 cm³/mol. The van der Waals surface area contributed by atoms with Gasteiger partial charge in [-0.1, -0.05) is 30.3 Å². The fourth-order valence-electron chi connectivity index (χ4n) is 5.90. The predicted octanol–water partition coefficient (Wildman–Crippen LogP) is 4.74. The molecule has 3 fully saturated rings. The van der Waals surface area contributed by atoms with E-state index in [4.69, 9.17) is 4.74 Å². The van der Waals surface area contributed by atoms with E-state index in [1.807, 2.05) is 30.3 Å². The lowest BCUT2D eigenvalue weighted by atomic mass is 9.36. The molecule has 2 nitrogen and oxygen atoms in total. The van der Waals surface area contributed by atoms with Gasteiger partial charge < -0.3 is 4.74 Å². The zero-order chi connectivity index (χ0) is 16.5. The molecule has 3 saturated carbocycles. The third-order valence-electron chi connectivity index (χ3n) is 6.98. The summed E-state index contributed by atoms with van der Waals surface area (Å²) in [4.78, 5) is 12.1. The first-order valence-electron chi connectivity index (χ1n) is 9.58. The number of hydrogen-bond acceptors (Lipinski definition) is 3. The van der Waals surface area contributed by atoms with Crippen LogP contribution in [0.3, 0.4) is 0 Å². The van der Waals surface area contributed by atoms with Crippen LogP contribution in [0.25, 0.3) is 0 Å². The number of benzene rings is 1. The number of thiol groups is 1. The van der Waals surface area contributed by atoms with Gasteiger partial charge in [-0.05, 0) is 78.9 Å². The van der Waals surface area contributed by atoms with Crippen LogP contribution in [-0.4, -0.2) is 11.7 Å². The molecule has 0 N–H and O–H groups in total.